The summed E-state index contributed by atoms with van der Waals surface area (Å²) in [6, 6.07) is 14.8. The van der Waals surface area contributed by atoms with Crippen molar-refractivity contribution in [1.29, 1.82) is 0 Å². The highest BCUT2D eigenvalue weighted by Crippen LogP contribution is 2.21. The van der Waals surface area contributed by atoms with Crippen LogP contribution in [0.3, 0.4) is 0 Å². The van der Waals surface area contributed by atoms with Gasteiger partial charge in [-0.15, -0.1) is 0 Å². The zero-order valence-electron chi connectivity index (χ0n) is 28.1. The summed E-state index contributed by atoms with van der Waals surface area (Å²) in [5.74, 6) is 0.632. The number of alkyl carbamates (subject to hydrolysis) is 1. The number of hydrogen-bond donors (Lipinski definition) is 2. The fraction of sp³-hybridized carbons (Fsp3) is 0.629. The molecule has 1 saturated heterocycles. The number of benzene rings is 2. The lowest BCUT2D eigenvalue weighted by atomic mass is 9.96. The van der Waals surface area contributed by atoms with Crippen LogP contribution in [0, 0.1) is 5.92 Å². The molecule has 2 atom stereocenters. The first-order chi connectivity index (χ1) is 20.6. The van der Waals surface area contributed by atoms with Crippen LogP contribution in [0.5, 0.6) is 0 Å². The van der Waals surface area contributed by atoms with Crippen LogP contribution in [0.1, 0.15) is 80.2 Å². The molecule has 1 heterocycles. The molecule has 1 aliphatic heterocycles. The second-order valence-corrected chi connectivity index (χ2v) is 14.3. The van der Waals surface area contributed by atoms with E-state index >= 15 is 0 Å². The lowest BCUT2D eigenvalue weighted by molar-refractivity contribution is -0.134. The average Bonchev–Trinajstić information content (AvgIpc) is 2.90. The van der Waals surface area contributed by atoms with Crippen LogP contribution in [0.25, 0.3) is 10.8 Å². The van der Waals surface area contributed by atoms with Gasteiger partial charge in [-0.2, -0.15) is 0 Å². The van der Waals surface area contributed by atoms with E-state index < -0.39 is 23.4 Å². The lowest BCUT2D eigenvalue weighted by Gasteiger charge is -2.41. The Morgan fingerprint density at radius 2 is 1.66 bits per heavy atom. The van der Waals surface area contributed by atoms with Crippen molar-refractivity contribution >= 4 is 28.9 Å². The minimum absolute atomic E-state index is 0.124. The van der Waals surface area contributed by atoms with E-state index in [1.165, 1.54) is 5.39 Å². The molecule has 9 heteroatoms. The molecule has 244 valence electrons. The maximum Gasteiger partial charge on any atom is 0.410 e. The standard InChI is InChI=1S/C35H54N4O5/c1-25(2)20-30-23-37-29(24-39(30)31(40)22-26-15-16-27-12-9-10-13-28(27)21-26)14-11-18-38(33(42)44-35(6,7)8)19-17-36-32(41)43-34(3,4)5/h9-10,12-13,15-16,21,25,29-30,37H,11,14,17-20,22-24H2,1-8H3,(H,36,41)/t29?,30-/m1/s1. The predicted molar refractivity (Wildman–Crippen MR) is 176 cm³/mol. The molecule has 1 unspecified atom stereocenters. The summed E-state index contributed by atoms with van der Waals surface area (Å²) in [6.07, 6.45) is 1.92. The second kappa shape index (κ2) is 15.6. The van der Waals surface area contributed by atoms with Gasteiger partial charge in [-0.25, -0.2) is 9.59 Å². The molecule has 44 heavy (non-hydrogen) atoms. The van der Waals surface area contributed by atoms with E-state index in [0.717, 1.165) is 36.8 Å². The average molecular weight is 611 g/mol. The van der Waals surface area contributed by atoms with Gasteiger partial charge in [-0.1, -0.05) is 56.3 Å². The topological polar surface area (TPSA) is 100 Å². The molecule has 2 N–H and O–H groups in total. The van der Waals surface area contributed by atoms with Gasteiger partial charge in [0, 0.05) is 44.8 Å². The van der Waals surface area contributed by atoms with Gasteiger partial charge < -0.3 is 29.9 Å². The molecule has 0 aromatic heterocycles. The molecule has 1 fully saturated rings. The lowest BCUT2D eigenvalue weighted by Crippen LogP contribution is -2.59. The molecule has 9 nitrogen and oxygen atoms in total. The molecule has 0 saturated carbocycles. The van der Waals surface area contributed by atoms with Crippen LogP contribution in [0.2, 0.25) is 0 Å². The van der Waals surface area contributed by atoms with Gasteiger partial charge in [0.2, 0.25) is 5.91 Å². The number of carbonyl (C=O) groups excluding carboxylic acids is 3. The Morgan fingerprint density at radius 1 is 0.977 bits per heavy atom. The van der Waals surface area contributed by atoms with E-state index in [9.17, 15) is 14.4 Å². The Bertz CT molecular complexity index is 1250. The molecule has 2 aromatic carbocycles. The number of rotatable bonds is 11. The monoisotopic (exact) mass is 610 g/mol. The third-order valence-corrected chi connectivity index (χ3v) is 7.42. The van der Waals surface area contributed by atoms with Crippen molar-refractivity contribution in [3.63, 3.8) is 0 Å². The molecular formula is C35H54N4O5. The second-order valence-electron chi connectivity index (χ2n) is 14.3. The highest BCUT2D eigenvalue weighted by molar-refractivity contribution is 5.85. The summed E-state index contributed by atoms with van der Waals surface area (Å²) < 4.78 is 11.0. The Hall–Kier alpha value is -3.33. The molecule has 0 bridgehead atoms. The fourth-order valence-electron chi connectivity index (χ4n) is 5.50. The number of ether oxygens (including phenoxy) is 2. The Labute approximate surface area is 264 Å². The smallest absolute Gasteiger partial charge is 0.410 e. The number of nitrogens with zero attached hydrogens (tertiary/aromatic N) is 2. The number of hydrogen-bond acceptors (Lipinski definition) is 6. The molecule has 1 aliphatic rings. The first-order valence-corrected chi connectivity index (χ1v) is 16.0. The van der Waals surface area contributed by atoms with Crippen LogP contribution >= 0.6 is 0 Å². The molecule has 0 spiro atoms. The van der Waals surface area contributed by atoms with Gasteiger partial charge in [0.15, 0.2) is 0 Å². The van der Waals surface area contributed by atoms with Crippen molar-refractivity contribution in [2.75, 3.05) is 32.7 Å². The van der Waals surface area contributed by atoms with Crippen molar-refractivity contribution in [3.05, 3.63) is 48.0 Å². The van der Waals surface area contributed by atoms with Gasteiger partial charge >= 0.3 is 12.2 Å². The number of piperazine rings is 1. The van der Waals surface area contributed by atoms with E-state index in [2.05, 4.69) is 59.7 Å². The van der Waals surface area contributed by atoms with E-state index in [0.29, 0.717) is 32.0 Å². The van der Waals surface area contributed by atoms with Crippen molar-refractivity contribution < 1.29 is 23.9 Å². The van der Waals surface area contributed by atoms with Crippen molar-refractivity contribution in [2.45, 2.75) is 104 Å². The van der Waals surface area contributed by atoms with Gasteiger partial charge in [-0.3, -0.25) is 4.79 Å². The summed E-state index contributed by atoms with van der Waals surface area (Å²) >= 11 is 0. The maximum absolute atomic E-state index is 13.7. The highest BCUT2D eigenvalue weighted by atomic mass is 16.6. The Kier molecular flexibility index (Phi) is 12.5. The minimum atomic E-state index is -0.629. The van der Waals surface area contributed by atoms with Crippen LogP contribution in [-0.2, 0) is 20.7 Å². The van der Waals surface area contributed by atoms with Crippen LogP contribution in [0.15, 0.2) is 42.5 Å². The Balaban J connectivity index is 1.60. The van der Waals surface area contributed by atoms with E-state index in [-0.39, 0.29) is 24.5 Å². The highest BCUT2D eigenvalue weighted by Gasteiger charge is 2.32. The number of carbonyl (C=O) groups is 3. The summed E-state index contributed by atoms with van der Waals surface area (Å²) in [4.78, 5) is 42.5. The first-order valence-electron chi connectivity index (χ1n) is 16.0. The normalized spacial score (nSPS) is 17.4. The van der Waals surface area contributed by atoms with E-state index in [4.69, 9.17) is 9.47 Å². The van der Waals surface area contributed by atoms with Crippen LogP contribution in [0.4, 0.5) is 9.59 Å². The largest absolute Gasteiger partial charge is 0.444 e. The fourth-order valence-corrected chi connectivity index (χ4v) is 5.50. The quantitative estimate of drug-likeness (QED) is 0.317. The Morgan fingerprint density at radius 3 is 2.32 bits per heavy atom. The first kappa shape index (κ1) is 35.2. The van der Waals surface area contributed by atoms with Crippen LogP contribution in [-0.4, -0.2) is 83.9 Å². The number of fused-ring (bicyclic) bond motifs is 1. The van der Waals surface area contributed by atoms with E-state index in [1.54, 1.807) is 4.90 Å². The van der Waals surface area contributed by atoms with Gasteiger partial charge in [-0.05, 0) is 83.1 Å². The summed E-state index contributed by atoms with van der Waals surface area (Å²) in [7, 11) is 0. The molecule has 0 aliphatic carbocycles. The van der Waals surface area contributed by atoms with Crippen molar-refractivity contribution in [1.82, 2.24) is 20.4 Å². The molecule has 0 radical (unpaired) electrons. The van der Waals surface area contributed by atoms with Gasteiger partial charge in [0.25, 0.3) is 0 Å². The maximum atomic E-state index is 13.7. The third-order valence-electron chi connectivity index (χ3n) is 7.42. The minimum Gasteiger partial charge on any atom is -0.444 e. The molecule has 2 aromatic rings. The third kappa shape index (κ3) is 12.0. The summed E-state index contributed by atoms with van der Waals surface area (Å²) in [6.45, 7) is 17.8. The van der Waals surface area contributed by atoms with Crippen molar-refractivity contribution in [2.24, 2.45) is 5.92 Å². The molecule has 3 amide bonds. The van der Waals surface area contributed by atoms with E-state index in [1.807, 2.05) is 53.7 Å². The molecular weight excluding hydrogens is 556 g/mol. The summed E-state index contributed by atoms with van der Waals surface area (Å²) in [5, 5.41) is 8.71. The molecule has 3 rings (SSSR count). The van der Waals surface area contributed by atoms with Gasteiger partial charge in [0.05, 0.1) is 6.42 Å². The number of nitrogens with one attached hydrogen (secondary N) is 2. The summed E-state index contributed by atoms with van der Waals surface area (Å²) in [5.41, 5.74) is -0.197. The van der Waals surface area contributed by atoms with Crippen LogP contribution < -0.4 is 10.6 Å². The number of amides is 3. The zero-order chi connectivity index (χ0) is 32.5. The SMILES string of the molecule is CC(C)C[C@@H]1CNC(CCCN(CCNC(=O)OC(C)(C)C)C(=O)OC(C)(C)C)CN1C(=O)Cc1ccc2ccccc2c1. The predicted octanol–water partition coefficient (Wildman–Crippen LogP) is 6.14. The zero-order valence-corrected chi connectivity index (χ0v) is 28.1. The van der Waals surface area contributed by atoms with Gasteiger partial charge in [0.1, 0.15) is 11.2 Å². The van der Waals surface area contributed by atoms with Crippen molar-refractivity contribution in [3.8, 4) is 0 Å².